The van der Waals surface area contributed by atoms with Gasteiger partial charge in [-0.15, -0.1) is 0 Å². The first-order valence-electron chi connectivity index (χ1n) is 10.1. The molecule has 4 nitrogen and oxygen atoms in total. The van der Waals surface area contributed by atoms with Gasteiger partial charge in [0.1, 0.15) is 0 Å². The standard InChI is InChI=1S/C24H31NO3/c1-23(2)14-8-9-17-15-20(24(3,4)16-19(17)23)25(18-10-6-5-7-11-18)21(26)12-13-22(27)28/h5-7,10-13,20H,8-9,14-16H2,1-4H3,(H,27,28). The Balaban J connectivity index is 2.03. The van der Waals surface area contributed by atoms with Crippen molar-refractivity contribution in [3.8, 4) is 0 Å². The summed E-state index contributed by atoms with van der Waals surface area (Å²) >= 11 is 0. The number of para-hydroxylation sites is 1. The number of carbonyl (C=O) groups excluding carboxylic acids is 1. The van der Waals surface area contributed by atoms with E-state index >= 15 is 0 Å². The number of carbonyl (C=O) groups is 2. The van der Waals surface area contributed by atoms with E-state index in [0.717, 1.165) is 31.0 Å². The van der Waals surface area contributed by atoms with Crippen LogP contribution in [0.5, 0.6) is 0 Å². The number of allylic oxidation sites excluding steroid dienone is 1. The highest BCUT2D eigenvalue weighted by Gasteiger charge is 2.45. The smallest absolute Gasteiger partial charge is 0.328 e. The third-order valence-corrected chi connectivity index (χ3v) is 6.45. The van der Waals surface area contributed by atoms with E-state index in [1.165, 1.54) is 24.5 Å². The van der Waals surface area contributed by atoms with Crippen molar-refractivity contribution < 1.29 is 14.7 Å². The molecule has 4 heteroatoms. The van der Waals surface area contributed by atoms with Gasteiger partial charge in [-0.2, -0.15) is 0 Å². The minimum absolute atomic E-state index is 0.00602. The second-order valence-electron chi connectivity index (χ2n) is 9.42. The number of carboxylic acids is 1. The van der Waals surface area contributed by atoms with E-state index in [1.54, 1.807) is 5.57 Å². The fourth-order valence-electron chi connectivity index (χ4n) is 4.91. The van der Waals surface area contributed by atoms with Gasteiger partial charge in [-0.05, 0) is 55.1 Å². The molecule has 0 saturated carbocycles. The van der Waals surface area contributed by atoms with Crippen molar-refractivity contribution in [2.24, 2.45) is 10.8 Å². The van der Waals surface area contributed by atoms with Crippen molar-refractivity contribution in [1.82, 2.24) is 0 Å². The molecular weight excluding hydrogens is 350 g/mol. The second kappa shape index (κ2) is 7.57. The molecule has 0 radical (unpaired) electrons. The Kier molecular flexibility index (Phi) is 5.51. The van der Waals surface area contributed by atoms with E-state index in [9.17, 15) is 9.59 Å². The fraction of sp³-hybridized carbons (Fsp3) is 0.500. The van der Waals surface area contributed by atoms with Gasteiger partial charge in [0.2, 0.25) is 0 Å². The number of benzene rings is 1. The lowest BCUT2D eigenvalue weighted by Gasteiger charge is -2.50. The lowest BCUT2D eigenvalue weighted by Crippen LogP contribution is -2.51. The molecule has 150 valence electrons. The van der Waals surface area contributed by atoms with Crippen LogP contribution in [0.15, 0.2) is 53.6 Å². The van der Waals surface area contributed by atoms with Crippen molar-refractivity contribution in [2.45, 2.75) is 65.8 Å². The van der Waals surface area contributed by atoms with Crippen molar-refractivity contribution in [1.29, 1.82) is 0 Å². The van der Waals surface area contributed by atoms with Gasteiger partial charge in [0.15, 0.2) is 0 Å². The number of carboxylic acid groups (broad SMARTS) is 1. The molecule has 1 amide bonds. The summed E-state index contributed by atoms with van der Waals surface area (Å²) in [6, 6.07) is 9.61. The minimum Gasteiger partial charge on any atom is -0.478 e. The maximum atomic E-state index is 13.1. The monoisotopic (exact) mass is 381 g/mol. The maximum absolute atomic E-state index is 13.1. The number of nitrogens with zero attached hydrogens (tertiary/aromatic N) is 1. The van der Waals surface area contributed by atoms with E-state index in [-0.39, 0.29) is 22.8 Å². The van der Waals surface area contributed by atoms with E-state index in [2.05, 4.69) is 27.7 Å². The van der Waals surface area contributed by atoms with Crippen LogP contribution < -0.4 is 4.90 Å². The summed E-state index contributed by atoms with van der Waals surface area (Å²) in [4.78, 5) is 25.9. The van der Waals surface area contributed by atoms with Crippen molar-refractivity contribution in [2.75, 3.05) is 4.90 Å². The molecule has 1 aromatic carbocycles. The highest BCUT2D eigenvalue weighted by Crippen LogP contribution is 2.53. The van der Waals surface area contributed by atoms with Crippen molar-refractivity contribution in [3.05, 3.63) is 53.6 Å². The largest absolute Gasteiger partial charge is 0.478 e. The van der Waals surface area contributed by atoms with Gasteiger partial charge in [-0.3, -0.25) is 4.79 Å². The fourth-order valence-corrected chi connectivity index (χ4v) is 4.91. The normalized spacial score (nSPS) is 23.4. The average Bonchev–Trinajstić information content (AvgIpc) is 2.62. The lowest BCUT2D eigenvalue weighted by molar-refractivity contribution is -0.131. The lowest BCUT2D eigenvalue weighted by atomic mass is 9.60. The van der Waals surface area contributed by atoms with Crippen LogP contribution in [0, 0.1) is 10.8 Å². The Morgan fingerprint density at radius 3 is 2.43 bits per heavy atom. The molecule has 0 saturated heterocycles. The zero-order chi connectivity index (χ0) is 20.5. The maximum Gasteiger partial charge on any atom is 0.328 e. The Bertz CT molecular complexity index is 818. The summed E-state index contributed by atoms with van der Waals surface area (Å²) < 4.78 is 0. The van der Waals surface area contributed by atoms with E-state index in [0.29, 0.717) is 0 Å². The van der Waals surface area contributed by atoms with Gasteiger partial charge in [-0.1, -0.05) is 57.0 Å². The van der Waals surface area contributed by atoms with Crippen LogP contribution >= 0.6 is 0 Å². The summed E-state index contributed by atoms with van der Waals surface area (Å²) in [5.41, 5.74) is 4.01. The molecule has 0 fully saturated rings. The van der Waals surface area contributed by atoms with Gasteiger partial charge in [0.25, 0.3) is 5.91 Å². The molecule has 1 N–H and O–H groups in total. The minimum atomic E-state index is -1.11. The Hall–Kier alpha value is -2.36. The molecule has 0 aromatic heterocycles. The number of hydrogen-bond donors (Lipinski definition) is 1. The van der Waals surface area contributed by atoms with E-state index < -0.39 is 5.97 Å². The molecular formula is C24H31NO3. The Labute approximate surface area is 167 Å². The average molecular weight is 382 g/mol. The van der Waals surface area contributed by atoms with Gasteiger partial charge in [0, 0.05) is 23.9 Å². The Morgan fingerprint density at radius 1 is 1.11 bits per heavy atom. The highest BCUT2D eigenvalue weighted by molar-refractivity contribution is 6.04. The molecule has 0 bridgehead atoms. The molecule has 2 aliphatic rings. The van der Waals surface area contributed by atoms with Crippen LogP contribution in [-0.4, -0.2) is 23.0 Å². The zero-order valence-corrected chi connectivity index (χ0v) is 17.4. The molecule has 0 heterocycles. The van der Waals surface area contributed by atoms with Crippen LogP contribution in [0.25, 0.3) is 0 Å². The number of hydrogen-bond acceptors (Lipinski definition) is 2. The highest BCUT2D eigenvalue weighted by atomic mass is 16.4. The van der Waals surface area contributed by atoms with Crippen LogP contribution in [0.4, 0.5) is 5.69 Å². The SMILES string of the molecule is CC1(C)CCCC2=C1CC(C)(C)C(N(C(=O)C=CC(=O)O)c1ccccc1)C2. The van der Waals surface area contributed by atoms with Gasteiger partial charge < -0.3 is 10.0 Å². The van der Waals surface area contributed by atoms with Crippen molar-refractivity contribution >= 4 is 17.6 Å². The first-order valence-corrected chi connectivity index (χ1v) is 10.1. The molecule has 1 aromatic rings. The number of anilines is 1. The molecule has 0 spiro atoms. The van der Waals surface area contributed by atoms with Crippen molar-refractivity contribution in [3.63, 3.8) is 0 Å². The Morgan fingerprint density at radius 2 is 1.79 bits per heavy atom. The summed E-state index contributed by atoms with van der Waals surface area (Å²) in [7, 11) is 0. The number of amides is 1. The van der Waals surface area contributed by atoms with Gasteiger partial charge >= 0.3 is 5.97 Å². The topological polar surface area (TPSA) is 57.6 Å². The molecule has 1 unspecified atom stereocenters. The summed E-state index contributed by atoms with van der Waals surface area (Å²) in [5.74, 6) is -1.38. The van der Waals surface area contributed by atoms with Gasteiger partial charge in [-0.25, -0.2) is 4.79 Å². The van der Waals surface area contributed by atoms with Crippen LogP contribution in [-0.2, 0) is 9.59 Å². The molecule has 1 atom stereocenters. The van der Waals surface area contributed by atoms with Crippen LogP contribution in [0.3, 0.4) is 0 Å². The predicted molar refractivity (Wildman–Crippen MR) is 112 cm³/mol. The quantitative estimate of drug-likeness (QED) is 0.564. The third kappa shape index (κ3) is 4.06. The van der Waals surface area contributed by atoms with E-state index in [4.69, 9.17) is 5.11 Å². The molecule has 2 aliphatic carbocycles. The molecule has 28 heavy (non-hydrogen) atoms. The van der Waals surface area contributed by atoms with Crippen LogP contribution in [0.1, 0.15) is 59.8 Å². The predicted octanol–water partition coefficient (Wildman–Crippen LogP) is 5.36. The second-order valence-corrected chi connectivity index (χ2v) is 9.42. The summed E-state index contributed by atoms with van der Waals surface area (Å²) in [5, 5.41) is 8.97. The molecule has 3 rings (SSSR count). The first kappa shape index (κ1) is 20.4. The van der Waals surface area contributed by atoms with Gasteiger partial charge in [0.05, 0.1) is 0 Å². The van der Waals surface area contributed by atoms with Crippen LogP contribution in [0.2, 0.25) is 0 Å². The first-order chi connectivity index (χ1) is 13.1. The molecule has 0 aliphatic heterocycles. The number of rotatable bonds is 4. The summed E-state index contributed by atoms with van der Waals surface area (Å²) in [6.45, 7) is 9.15. The van der Waals surface area contributed by atoms with E-state index in [1.807, 2.05) is 35.2 Å². The summed E-state index contributed by atoms with van der Waals surface area (Å²) in [6.07, 6.45) is 7.45. The third-order valence-electron chi connectivity index (χ3n) is 6.45. The zero-order valence-electron chi connectivity index (χ0n) is 17.4. The number of aliphatic carboxylic acids is 1.